The maximum Gasteiger partial charge on any atom is 0.137 e. The summed E-state index contributed by atoms with van der Waals surface area (Å²) >= 11 is 0. The highest BCUT2D eigenvalue weighted by Gasteiger charge is 2.13. The van der Waals surface area contributed by atoms with Crippen LogP contribution >= 0.6 is 0 Å². The molecule has 0 aromatic carbocycles. The molecule has 0 atom stereocenters. The molecule has 0 saturated heterocycles. The summed E-state index contributed by atoms with van der Waals surface area (Å²) in [6.07, 6.45) is 1.52. The third kappa shape index (κ3) is 1.95. The molecule has 4 heteroatoms. The number of anilines is 2. The predicted octanol–water partition coefficient (Wildman–Crippen LogP) is 1.60. The van der Waals surface area contributed by atoms with Crippen LogP contribution in [0.1, 0.15) is 26.3 Å². The molecule has 1 aromatic rings. The summed E-state index contributed by atoms with van der Waals surface area (Å²) in [6.45, 7) is 9.27. The van der Waals surface area contributed by atoms with Crippen molar-refractivity contribution in [1.82, 2.24) is 9.97 Å². The van der Waals surface area contributed by atoms with E-state index in [2.05, 4.69) is 35.6 Å². The molecule has 1 heterocycles. The topological polar surface area (TPSA) is 55.0 Å². The summed E-state index contributed by atoms with van der Waals surface area (Å²) in [7, 11) is 0. The first-order valence-corrected chi connectivity index (χ1v) is 4.91. The van der Waals surface area contributed by atoms with Gasteiger partial charge in [0.2, 0.25) is 0 Å². The minimum atomic E-state index is 0.424. The van der Waals surface area contributed by atoms with Crippen molar-refractivity contribution in [3.8, 4) is 0 Å². The summed E-state index contributed by atoms with van der Waals surface area (Å²) < 4.78 is 0. The van der Waals surface area contributed by atoms with Gasteiger partial charge in [0.15, 0.2) is 0 Å². The smallest absolute Gasteiger partial charge is 0.137 e. The second-order valence-corrected chi connectivity index (χ2v) is 3.59. The molecule has 0 fully saturated rings. The van der Waals surface area contributed by atoms with Gasteiger partial charge in [-0.05, 0) is 27.7 Å². The van der Waals surface area contributed by atoms with Gasteiger partial charge in [-0.25, -0.2) is 9.97 Å². The number of nitrogens with zero attached hydrogens (tertiary/aromatic N) is 3. The van der Waals surface area contributed by atoms with Crippen LogP contribution in [0.3, 0.4) is 0 Å². The fraction of sp³-hybridized carbons (Fsp3) is 0.600. The van der Waals surface area contributed by atoms with Gasteiger partial charge in [-0.2, -0.15) is 0 Å². The number of nitrogens with two attached hydrogens (primary N) is 1. The Bertz CT molecular complexity index is 309. The minimum Gasteiger partial charge on any atom is -0.383 e. The zero-order valence-electron chi connectivity index (χ0n) is 9.28. The Morgan fingerprint density at radius 1 is 1.43 bits per heavy atom. The quantitative estimate of drug-likeness (QED) is 0.794. The Balaban J connectivity index is 3.10. The summed E-state index contributed by atoms with van der Waals surface area (Å²) in [5, 5.41) is 0. The average molecular weight is 194 g/mol. The zero-order valence-corrected chi connectivity index (χ0v) is 9.28. The molecule has 0 radical (unpaired) electrons. The Labute approximate surface area is 85.2 Å². The minimum absolute atomic E-state index is 0.424. The van der Waals surface area contributed by atoms with E-state index in [0.29, 0.717) is 11.9 Å². The highest BCUT2D eigenvalue weighted by atomic mass is 15.2. The summed E-state index contributed by atoms with van der Waals surface area (Å²) in [5.74, 6) is 1.50. The standard InChI is InChI=1S/C10H18N4/c1-5-14(7(2)3)10-8(4)9(11)12-6-13-10/h6-7H,5H2,1-4H3,(H2,11,12,13). The number of nitrogen functional groups attached to an aromatic ring is 1. The van der Waals surface area contributed by atoms with Gasteiger partial charge in [0.1, 0.15) is 18.0 Å². The molecule has 0 amide bonds. The SMILES string of the molecule is CCN(c1ncnc(N)c1C)C(C)C. The molecule has 78 valence electrons. The van der Waals surface area contributed by atoms with Crippen molar-refractivity contribution in [2.45, 2.75) is 33.7 Å². The molecule has 4 nitrogen and oxygen atoms in total. The van der Waals surface area contributed by atoms with Crippen LogP contribution in [0.25, 0.3) is 0 Å². The fourth-order valence-corrected chi connectivity index (χ4v) is 1.50. The third-order valence-corrected chi connectivity index (χ3v) is 2.33. The van der Waals surface area contributed by atoms with E-state index in [1.54, 1.807) is 0 Å². The molecule has 0 spiro atoms. The van der Waals surface area contributed by atoms with Crippen molar-refractivity contribution in [3.05, 3.63) is 11.9 Å². The van der Waals surface area contributed by atoms with Crippen molar-refractivity contribution in [1.29, 1.82) is 0 Å². The molecule has 0 saturated carbocycles. The van der Waals surface area contributed by atoms with Gasteiger partial charge in [0, 0.05) is 18.2 Å². The maximum atomic E-state index is 5.74. The first-order chi connectivity index (χ1) is 6.57. The first-order valence-electron chi connectivity index (χ1n) is 4.91. The second kappa shape index (κ2) is 4.26. The van der Waals surface area contributed by atoms with E-state index in [1.807, 2.05) is 6.92 Å². The summed E-state index contributed by atoms with van der Waals surface area (Å²) in [5.41, 5.74) is 6.70. The van der Waals surface area contributed by atoms with Crippen LogP contribution in [0.5, 0.6) is 0 Å². The van der Waals surface area contributed by atoms with Gasteiger partial charge in [0.25, 0.3) is 0 Å². The normalized spacial score (nSPS) is 10.6. The second-order valence-electron chi connectivity index (χ2n) is 3.59. The Kier molecular flexibility index (Phi) is 3.28. The Morgan fingerprint density at radius 3 is 2.57 bits per heavy atom. The van der Waals surface area contributed by atoms with E-state index < -0.39 is 0 Å². The van der Waals surface area contributed by atoms with E-state index in [1.165, 1.54) is 6.33 Å². The van der Waals surface area contributed by atoms with E-state index in [-0.39, 0.29) is 0 Å². The lowest BCUT2D eigenvalue weighted by atomic mass is 10.2. The van der Waals surface area contributed by atoms with Gasteiger partial charge in [-0.15, -0.1) is 0 Å². The van der Waals surface area contributed by atoms with Gasteiger partial charge in [-0.3, -0.25) is 0 Å². The monoisotopic (exact) mass is 194 g/mol. The van der Waals surface area contributed by atoms with Crippen molar-refractivity contribution < 1.29 is 0 Å². The molecule has 0 aliphatic heterocycles. The highest BCUT2D eigenvalue weighted by Crippen LogP contribution is 2.21. The van der Waals surface area contributed by atoms with Gasteiger partial charge in [-0.1, -0.05) is 0 Å². The van der Waals surface area contributed by atoms with E-state index >= 15 is 0 Å². The van der Waals surface area contributed by atoms with Gasteiger partial charge >= 0.3 is 0 Å². The average Bonchev–Trinajstić information content (AvgIpc) is 2.13. The summed E-state index contributed by atoms with van der Waals surface area (Å²) in [6, 6.07) is 0.424. The van der Waals surface area contributed by atoms with E-state index in [9.17, 15) is 0 Å². The Hall–Kier alpha value is -1.32. The molecule has 1 aromatic heterocycles. The lowest BCUT2D eigenvalue weighted by Crippen LogP contribution is -2.32. The lowest BCUT2D eigenvalue weighted by Gasteiger charge is -2.27. The lowest BCUT2D eigenvalue weighted by molar-refractivity contribution is 0.689. The van der Waals surface area contributed by atoms with Crippen LogP contribution in [-0.4, -0.2) is 22.6 Å². The highest BCUT2D eigenvalue weighted by molar-refractivity contribution is 5.55. The third-order valence-electron chi connectivity index (χ3n) is 2.33. The van der Waals surface area contributed by atoms with Crippen molar-refractivity contribution in [3.63, 3.8) is 0 Å². The molecular formula is C10H18N4. The maximum absolute atomic E-state index is 5.74. The molecule has 0 unspecified atom stereocenters. The number of hydrogen-bond acceptors (Lipinski definition) is 4. The molecule has 0 aliphatic carbocycles. The molecule has 1 rings (SSSR count). The largest absolute Gasteiger partial charge is 0.383 e. The van der Waals surface area contributed by atoms with Crippen molar-refractivity contribution in [2.24, 2.45) is 0 Å². The first kappa shape index (κ1) is 10.8. The molecule has 14 heavy (non-hydrogen) atoms. The van der Waals surface area contributed by atoms with Crippen LogP contribution in [0.15, 0.2) is 6.33 Å². The molecular weight excluding hydrogens is 176 g/mol. The van der Waals surface area contributed by atoms with Gasteiger partial charge < -0.3 is 10.6 Å². The van der Waals surface area contributed by atoms with E-state index in [0.717, 1.165) is 17.9 Å². The Morgan fingerprint density at radius 2 is 2.07 bits per heavy atom. The number of aromatic nitrogens is 2. The fourth-order valence-electron chi connectivity index (χ4n) is 1.50. The van der Waals surface area contributed by atoms with Gasteiger partial charge in [0.05, 0.1) is 0 Å². The summed E-state index contributed by atoms with van der Waals surface area (Å²) in [4.78, 5) is 10.4. The van der Waals surface area contributed by atoms with Crippen LogP contribution in [0.2, 0.25) is 0 Å². The molecule has 0 bridgehead atoms. The zero-order chi connectivity index (χ0) is 10.7. The van der Waals surface area contributed by atoms with Crippen molar-refractivity contribution in [2.75, 3.05) is 17.2 Å². The predicted molar refractivity (Wildman–Crippen MR) is 59.3 cm³/mol. The van der Waals surface area contributed by atoms with Crippen LogP contribution in [-0.2, 0) is 0 Å². The van der Waals surface area contributed by atoms with Crippen molar-refractivity contribution >= 4 is 11.6 Å². The number of hydrogen-bond donors (Lipinski definition) is 1. The van der Waals surface area contributed by atoms with E-state index in [4.69, 9.17) is 5.73 Å². The van der Waals surface area contributed by atoms with Crippen LogP contribution < -0.4 is 10.6 Å². The molecule has 2 N–H and O–H groups in total. The molecule has 0 aliphatic rings. The van der Waals surface area contributed by atoms with Crippen LogP contribution in [0, 0.1) is 6.92 Å². The number of rotatable bonds is 3. The van der Waals surface area contributed by atoms with Crippen LogP contribution in [0.4, 0.5) is 11.6 Å².